The average molecular weight is 247 g/mol. The van der Waals surface area contributed by atoms with Crippen molar-refractivity contribution < 1.29 is 8.42 Å². The van der Waals surface area contributed by atoms with E-state index in [4.69, 9.17) is 0 Å². The van der Waals surface area contributed by atoms with Gasteiger partial charge in [0.05, 0.1) is 10.5 Å². The summed E-state index contributed by atoms with van der Waals surface area (Å²) >= 11 is 0. The van der Waals surface area contributed by atoms with Crippen LogP contribution >= 0.6 is 0 Å². The van der Waals surface area contributed by atoms with Gasteiger partial charge in [0, 0.05) is 6.04 Å². The third kappa shape index (κ3) is 2.98. The topological polar surface area (TPSA) is 46.2 Å². The molecule has 0 aromatic carbocycles. The molecule has 1 N–H and O–H groups in total. The van der Waals surface area contributed by atoms with Crippen molar-refractivity contribution in [3.8, 4) is 0 Å². The van der Waals surface area contributed by atoms with Gasteiger partial charge in [-0.1, -0.05) is 20.8 Å². The summed E-state index contributed by atoms with van der Waals surface area (Å²) < 4.78 is 24.6. The van der Waals surface area contributed by atoms with Crippen LogP contribution in [0, 0.1) is 5.92 Å². The van der Waals surface area contributed by atoms with Gasteiger partial charge in [0.2, 0.25) is 0 Å². The maximum atomic E-state index is 12.3. The molecule has 0 aromatic rings. The number of hydrogen-bond donors (Lipinski definition) is 1. The number of sulfone groups is 1. The molecular formula is C12H25NO2S. The third-order valence-corrected chi connectivity index (χ3v) is 6.74. The summed E-state index contributed by atoms with van der Waals surface area (Å²) in [6, 6.07) is 0.407. The molecule has 3 atom stereocenters. The summed E-state index contributed by atoms with van der Waals surface area (Å²) in [7, 11) is -2.93. The molecule has 0 spiro atoms. The van der Waals surface area contributed by atoms with Gasteiger partial charge in [-0.3, -0.25) is 0 Å². The van der Waals surface area contributed by atoms with Crippen LogP contribution in [0.2, 0.25) is 0 Å². The first-order chi connectivity index (χ1) is 7.39. The number of rotatable bonds is 5. The zero-order chi connectivity index (χ0) is 12.3. The Labute approximate surface area is 99.9 Å². The molecule has 0 heterocycles. The summed E-state index contributed by atoms with van der Waals surface area (Å²) in [4.78, 5) is 0. The molecular weight excluding hydrogens is 222 g/mol. The second-order valence-corrected chi connectivity index (χ2v) is 7.82. The summed E-state index contributed by atoms with van der Waals surface area (Å²) in [5.41, 5.74) is 0. The zero-order valence-corrected chi connectivity index (χ0v) is 11.7. The predicted molar refractivity (Wildman–Crippen MR) is 68.3 cm³/mol. The van der Waals surface area contributed by atoms with E-state index in [0.29, 0.717) is 6.04 Å². The van der Waals surface area contributed by atoms with E-state index in [0.717, 1.165) is 25.8 Å². The predicted octanol–water partition coefficient (Wildman–Crippen LogP) is 1.98. The van der Waals surface area contributed by atoms with Crippen molar-refractivity contribution in [1.29, 1.82) is 0 Å². The number of nitrogens with one attached hydrogen (secondary N) is 1. The number of hydrogen-bond acceptors (Lipinski definition) is 3. The highest BCUT2D eigenvalue weighted by Crippen LogP contribution is 2.29. The van der Waals surface area contributed by atoms with Gasteiger partial charge < -0.3 is 5.32 Å². The molecule has 0 aromatic heterocycles. The Morgan fingerprint density at radius 2 is 1.88 bits per heavy atom. The third-order valence-electron chi connectivity index (χ3n) is 3.80. The van der Waals surface area contributed by atoms with Crippen molar-refractivity contribution >= 4 is 9.84 Å². The van der Waals surface area contributed by atoms with Crippen molar-refractivity contribution in [2.45, 2.75) is 63.5 Å². The largest absolute Gasteiger partial charge is 0.314 e. The van der Waals surface area contributed by atoms with Crippen LogP contribution in [0.5, 0.6) is 0 Å². The first kappa shape index (κ1) is 14.0. The summed E-state index contributed by atoms with van der Waals surface area (Å²) in [5.74, 6) is 0.211. The average Bonchev–Trinajstić information content (AvgIpc) is 2.66. The van der Waals surface area contributed by atoms with E-state index in [1.165, 1.54) is 0 Å². The molecule has 0 saturated heterocycles. The second kappa shape index (κ2) is 5.50. The lowest BCUT2D eigenvalue weighted by molar-refractivity contribution is 0.521. The molecule has 1 aliphatic carbocycles. The van der Waals surface area contributed by atoms with Crippen LogP contribution in [-0.4, -0.2) is 31.5 Å². The molecule has 0 radical (unpaired) electrons. The van der Waals surface area contributed by atoms with Gasteiger partial charge in [-0.15, -0.1) is 0 Å². The Bertz CT molecular complexity index is 311. The van der Waals surface area contributed by atoms with E-state index < -0.39 is 9.84 Å². The van der Waals surface area contributed by atoms with Gasteiger partial charge >= 0.3 is 0 Å². The SMILES string of the molecule is CCNC1CCC(S(=O)(=O)C(C)C(C)C)C1. The van der Waals surface area contributed by atoms with Gasteiger partial charge in [-0.25, -0.2) is 8.42 Å². The maximum absolute atomic E-state index is 12.3. The first-order valence-electron chi connectivity index (χ1n) is 6.35. The minimum absolute atomic E-state index is 0.117. The van der Waals surface area contributed by atoms with E-state index in [-0.39, 0.29) is 16.4 Å². The van der Waals surface area contributed by atoms with Gasteiger partial charge in [-0.2, -0.15) is 0 Å². The fourth-order valence-electron chi connectivity index (χ4n) is 2.40. The normalized spacial score (nSPS) is 28.6. The van der Waals surface area contributed by atoms with Gasteiger partial charge in [0.25, 0.3) is 0 Å². The van der Waals surface area contributed by atoms with Crippen LogP contribution in [0.25, 0.3) is 0 Å². The monoisotopic (exact) mass is 247 g/mol. The first-order valence-corrected chi connectivity index (χ1v) is 7.96. The molecule has 3 unspecified atom stereocenters. The molecule has 0 amide bonds. The smallest absolute Gasteiger partial charge is 0.156 e. The Balaban J connectivity index is 2.65. The Morgan fingerprint density at radius 1 is 1.25 bits per heavy atom. The van der Waals surface area contributed by atoms with Gasteiger partial charge in [0.15, 0.2) is 9.84 Å². The van der Waals surface area contributed by atoms with Crippen molar-refractivity contribution in [3.05, 3.63) is 0 Å². The van der Waals surface area contributed by atoms with Crippen LogP contribution in [0.3, 0.4) is 0 Å². The molecule has 4 heteroatoms. The van der Waals surface area contributed by atoms with Crippen LogP contribution in [0.1, 0.15) is 47.0 Å². The molecule has 1 fully saturated rings. The fraction of sp³-hybridized carbons (Fsp3) is 1.00. The van der Waals surface area contributed by atoms with Gasteiger partial charge in [-0.05, 0) is 38.6 Å². The molecule has 16 heavy (non-hydrogen) atoms. The molecule has 1 aliphatic rings. The van der Waals surface area contributed by atoms with Crippen LogP contribution in [0.15, 0.2) is 0 Å². The van der Waals surface area contributed by atoms with Crippen molar-refractivity contribution in [2.75, 3.05) is 6.54 Å². The standard InChI is InChI=1S/C12H25NO2S/c1-5-13-11-6-7-12(8-11)16(14,15)10(4)9(2)3/h9-13H,5-8H2,1-4H3. The van der Waals surface area contributed by atoms with E-state index >= 15 is 0 Å². The Morgan fingerprint density at radius 3 is 2.38 bits per heavy atom. The summed E-state index contributed by atoms with van der Waals surface area (Å²) in [6.07, 6.45) is 2.63. The molecule has 1 rings (SSSR count). The molecule has 1 saturated carbocycles. The van der Waals surface area contributed by atoms with E-state index in [1.807, 2.05) is 20.8 Å². The minimum Gasteiger partial charge on any atom is -0.314 e. The minimum atomic E-state index is -2.93. The lowest BCUT2D eigenvalue weighted by Crippen LogP contribution is -2.34. The highest BCUT2D eigenvalue weighted by atomic mass is 32.2. The lowest BCUT2D eigenvalue weighted by Gasteiger charge is -2.21. The Kier molecular flexibility index (Phi) is 4.80. The Hall–Kier alpha value is -0.0900. The van der Waals surface area contributed by atoms with Crippen molar-refractivity contribution in [3.63, 3.8) is 0 Å². The maximum Gasteiger partial charge on any atom is 0.156 e. The summed E-state index contributed by atoms with van der Waals surface area (Å²) in [6.45, 7) is 8.81. The molecule has 3 nitrogen and oxygen atoms in total. The van der Waals surface area contributed by atoms with E-state index in [1.54, 1.807) is 0 Å². The van der Waals surface area contributed by atoms with Crippen LogP contribution in [0.4, 0.5) is 0 Å². The summed E-state index contributed by atoms with van der Waals surface area (Å²) in [5, 5.41) is 3.02. The molecule has 96 valence electrons. The van der Waals surface area contributed by atoms with Crippen molar-refractivity contribution in [1.82, 2.24) is 5.32 Å². The van der Waals surface area contributed by atoms with Gasteiger partial charge in [0.1, 0.15) is 0 Å². The van der Waals surface area contributed by atoms with Crippen molar-refractivity contribution in [2.24, 2.45) is 5.92 Å². The van der Waals surface area contributed by atoms with Crippen LogP contribution < -0.4 is 5.32 Å². The highest BCUT2D eigenvalue weighted by Gasteiger charge is 2.37. The molecule has 0 aliphatic heterocycles. The molecule has 0 bridgehead atoms. The fourth-order valence-corrected chi connectivity index (χ4v) is 4.73. The quantitative estimate of drug-likeness (QED) is 0.808. The lowest BCUT2D eigenvalue weighted by atomic mass is 10.2. The van der Waals surface area contributed by atoms with E-state index in [9.17, 15) is 8.42 Å². The second-order valence-electron chi connectivity index (χ2n) is 5.23. The zero-order valence-electron chi connectivity index (χ0n) is 10.9. The van der Waals surface area contributed by atoms with Crippen LogP contribution in [-0.2, 0) is 9.84 Å². The van der Waals surface area contributed by atoms with E-state index in [2.05, 4.69) is 12.2 Å². The highest BCUT2D eigenvalue weighted by molar-refractivity contribution is 7.92.